The van der Waals surface area contributed by atoms with Crippen LogP contribution in [0.5, 0.6) is 0 Å². The van der Waals surface area contributed by atoms with E-state index in [1.165, 1.54) is 0 Å². The molecule has 0 radical (unpaired) electrons. The van der Waals surface area contributed by atoms with Crippen LogP contribution < -0.4 is 0 Å². The van der Waals surface area contributed by atoms with Gasteiger partial charge in [0, 0.05) is 10.8 Å². The van der Waals surface area contributed by atoms with Gasteiger partial charge < -0.3 is 0 Å². The van der Waals surface area contributed by atoms with Gasteiger partial charge >= 0.3 is 6.04 Å². The Morgan fingerprint density at radius 1 is 1.00 bits per heavy atom. The number of rotatable bonds is 3. The minimum absolute atomic E-state index is 0.0319. The van der Waals surface area contributed by atoms with Gasteiger partial charge in [0.05, 0.1) is 11.0 Å². The van der Waals surface area contributed by atoms with Crippen molar-refractivity contribution in [2.45, 2.75) is 107 Å². The molecule has 0 spiro atoms. The van der Waals surface area contributed by atoms with Crippen LogP contribution in [0.3, 0.4) is 0 Å². The van der Waals surface area contributed by atoms with Crippen molar-refractivity contribution in [2.24, 2.45) is 44.3 Å². The molecule has 0 N–H and O–H groups in total. The molecule has 4 nitrogen and oxygen atoms in total. The summed E-state index contributed by atoms with van der Waals surface area (Å²) in [7, 11) is 0. The van der Waals surface area contributed by atoms with Crippen molar-refractivity contribution in [3.63, 3.8) is 0 Å². The van der Waals surface area contributed by atoms with Gasteiger partial charge in [-0.05, 0) is 92.4 Å². The molecule has 0 aromatic carbocycles. The van der Waals surface area contributed by atoms with Gasteiger partial charge in [0.2, 0.25) is 0 Å². The summed E-state index contributed by atoms with van der Waals surface area (Å²) in [5.74, 6) is -0.238. The molecule has 6 atom stereocenters. The lowest BCUT2D eigenvalue weighted by molar-refractivity contribution is -0.162. The first-order valence-corrected chi connectivity index (χ1v) is 14.0. The monoisotopic (exact) mass is 509 g/mol. The third-order valence-corrected chi connectivity index (χ3v) is 11.8. The van der Waals surface area contributed by atoms with Gasteiger partial charge in [0.25, 0.3) is 0 Å². The number of carbonyl (C=O) groups is 3. The Labute approximate surface area is 222 Å². The quantitative estimate of drug-likeness (QED) is 0.292. The molecule has 1 unspecified atom stereocenters. The average molecular weight is 510 g/mol. The molecule has 202 valence electrons. The number of halogens is 1. The Morgan fingerprint density at radius 3 is 2.19 bits per heavy atom. The third-order valence-electron chi connectivity index (χ3n) is 11.8. The van der Waals surface area contributed by atoms with E-state index in [1.54, 1.807) is 13.0 Å². The molecule has 4 aliphatic rings. The van der Waals surface area contributed by atoms with Gasteiger partial charge in [-0.25, -0.2) is 0 Å². The molecular weight excluding hydrogens is 465 g/mol. The lowest BCUT2D eigenvalue weighted by Gasteiger charge is -2.65. The molecular formula is C32H44FNO3. The Balaban J connectivity index is 1.86. The summed E-state index contributed by atoms with van der Waals surface area (Å²) in [4.78, 5) is 38.4. The fourth-order valence-corrected chi connectivity index (χ4v) is 9.37. The van der Waals surface area contributed by atoms with Crippen molar-refractivity contribution in [1.29, 1.82) is 5.26 Å². The number of carbonyl (C=O) groups excluding carboxylic acids is 3. The molecule has 0 aromatic rings. The number of Topliss-reactive ketones (excluding diaryl/α,β-unsaturated/α-hetero) is 1. The minimum atomic E-state index is -1.15. The van der Waals surface area contributed by atoms with E-state index in [1.807, 2.05) is 19.9 Å². The SMILES string of the molecule is CC(=O)/C=C1/[C@@]2(C)C=C(C#N)C(=O)C(C)(C)[C@@H]2CC[C@@]1(C)[C@]1(C)CC[C@@]2(C(=O)F)CCC(C)(C)CC2C1. The molecule has 0 amide bonds. The summed E-state index contributed by atoms with van der Waals surface area (Å²) in [5.41, 5.74) is -1.66. The van der Waals surface area contributed by atoms with Crippen LogP contribution in [-0.4, -0.2) is 17.6 Å². The Kier molecular flexibility index (Phi) is 6.38. The third kappa shape index (κ3) is 3.92. The lowest BCUT2D eigenvalue weighted by Crippen LogP contribution is -2.59. The second-order valence-corrected chi connectivity index (χ2v) is 14.9. The molecule has 5 heteroatoms. The van der Waals surface area contributed by atoms with Gasteiger partial charge in [-0.3, -0.25) is 14.4 Å². The molecule has 37 heavy (non-hydrogen) atoms. The first-order valence-electron chi connectivity index (χ1n) is 14.0. The van der Waals surface area contributed by atoms with Crippen LogP contribution >= 0.6 is 0 Å². The Morgan fingerprint density at radius 2 is 1.62 bits per heavy atom. The van der Waals surface area contributed by atoms with E-state index < -0.39 is 27.7 Å². The fraction of sp³-hybridized carbons (Fsp3) is 0.750. The zero-order chi connectivity index (χ0) is 27.8. The predicted molar refractivity (Wildman–Crippen MR) is 142 cm³/mol. The molecule has 4 rings (SSSR count). The van der Waals surface area contributed by atoms with Gasteiger partial charge in [-0.2, -0.15) is 9.65 Å². The highest BCUT2D eigenvalue weighted by atomic mass is 19.1. The minimum Gasteiger partial charge on any atom is -0.295 e. The molecule has 4 aliphatic carbocycles. The summed E-state index contributed by atoms with van der Waals surface area (Å²) in [6, 6.07) is 0.993. The maximum absolute atomic E-state index is 14.7. The molecule has 0 heterocycles. The second-order valence-electron chi connectivity index (χ2n) is 14.9. The Bertz CT molecular complexity index is 1160. The normalized spacial score (nSPS) is 43.7. The van der Waals surface area contributed by atoms with E-state index in [4.69, 9.17) is 0 Å². The van der Waals surface area contributed by atoms with Crippen LogP contribution in [-0.2, 0) is 14.4 Å². The van der Waals surface area contributed by atoms with Gasteiger partial charge in [0.1, 0.15) is 6.07 Å². The highest BCUT2D eigenvalue weighted by Gasteiger charge is 2.65. The van der Waals surface area contributed by atoms with Crippen molar-refractivity contribution in [2.75, 3.05) is 0 Å². The number of fused-ring (bicyclic) bond motifs is 2. The van der Waals surface area contributed by atoms with E-state index in [9.17, 15) is 24.0 Å². The second kappa shape index (κ2) is 8.45. The van der Waals surface area contributed by atoms with Gasteiger partial charge in [-0.15, -0.1) is 0 Å². The zero-order valence-corrected chi connectivity index (χ0v) is 24.0. The topological polar surface area (TPSA) is 75.0 Å². The number of hydrogen-bond donors (Lipinski definition) is 0. The van der Waals surface area contributed by atoms with E-state index in [-0.39, 0.29) is 39.8 Å². The number of hydrogen-bond acceptors (Lipinski definition) is 4. The van der Waals surface area contributed by atoms with Crippen LogP contribution in [0.4, 0.5) is 4.39 Å². The van der Waals surface area contributed by atoms with Gasteiger partial charge in [-0.1, -0.05) is 60.1 Å². The molecule has 3 fully saturated rings. The molecule has 0 bridgehead atoms. The van der Waals surface area contributed by atoms with Crippen LogP contribution in [0.15, 0.2) is 23.3 Å². The van der Waals surface area contributed by atoms with Crippen LogP contribution in [0.25, 0.3) is 0 Å². The number of ketones is 2. The highest BCUT2D eigenvalue weighted by Crippen LogP contribution is 2.71. The van der Waals surface area contributed by atoms with Crippen LogP contribution in [0.2, 0.25) is 0 Å². The lowest BCUT2D eigenvalue weighted by atomic mass is 9.39. The number of allylic oxidation sites excluding steroid dienone is 4. The summed E-state index contributed by atoms with van der Waals surface area (Å²) < 4.78 is 14.7. The number of nitriles is 1. The molecule has 0 saturated heterocycles. The van der Waals surface area contributed by atoms with Gasteiger partial charge in [0.15, 0.2) is 11.6 Å². The van der Waals surface area contributed by atoms with E-state index in [0.29, 0.717) is 19.3 Å². The molecule has 3 saturated carbocycles. The molecule has 0 aliphatic heterocycles. The summed E-state index contributed by atoms with van der Waals surface area (Å²) in [6.07, 6.45) is 9.47. The number of nitrogens with zero attached hydrogens (tertiary/aromatic N) is 1. The maximum atomic E-state index is 14.7. The summed E-state index contributed by atoms with van der Waals surface area (Å²) >= 11 is 0. The van der Waals surface area contributed by atoms with E-state index in [0.717, 1.165) is 37.7 Å². The van der Waals surface area contributed by atoms with Crippen LogP contribution in [0, 0.1) is 55.7 Å². The van der Waals surface area contributed by atoms with E-state index >= 15 is 0 Å². The largest absolute Gasteiger partial charge is 0.307 e. The predicted octanol–water partition coefficient (Wildman–Crippen LogP) is 7.48. The van der Waals surface area contributed by atoms with Crippen LogP contribution in [0.1, 0.15) is 107 Å². The smallest absolute Gasteiger partial charge is 0.295 e. The van der Waals surface area contributed by atoms with Crippen molar-refractivity contribution in [3.05, 3.63) is 23.3 Å². The zero-order valence-electron chi connectivity index (χ0n) is 24.0. The van der Waals surface area contributed by atoms with Crippen molar-refractivity contribution >= 4 is 17.6 Å². The standard InChI is InChI=1S/C32H44FNO3/c1-20(35)15-24-30(7)16-21(19-34)25(36)28(4,5)23(30)9-10-31(24,8)29(6)12-14-32(26(33)37)13-11-27(2,3)17-22(32)18-29/h15-16,22-23H,9-14,17-18H2,1-8H3/b24-15-/t22?,23-,29+,30-,31+,32-/m0/s1. The summed E-state index contributed by atoms with van der Waals surface area (Å²) in [6.45, 7) is 16.5. The van der Waals surface area contributed by atoms with Crippen molar-refractivity contribution in [1.82, 2.24) is 0 Å². The Hall–Kier alpha value is -2.09. The van der Waals surface area contributed by atoms with E-state index in [2.05, 4.69) is 40.7 Å². The highest BCUT2D eigenvalue weighted by molar-refractivity contribution is 6.04. The summed E-state index contributed by atoms with van der Waals surface area (Å²) in [5, 5.41) is 9.86. The average Bonchev–Trinajstić information content (AvgIpc) is 2.78. The fourth-order valence-electron chi connectivity index (χ4n) is 9.37. The first kappa shape index (κ1) is 27.9. The maximum Gasteiger partial charge on any atom is 0.307 e. The first-order chi connectivity index (χ1) is 16.9. The van der Waals surface area contributed by atoms with Crippen molar-refractivity contribution in [3.8, 4) is 6.07 Å². The van der Waals surface area contributed by atoms with Crippen molar-refractivity contribution < 1.29 is 18.8 Å². The molecule has 0 aromatic heterocycles.